The van der Waals surface area contributed by atoms with Gasteiger partial charge < -0.3 is 15.9 Å². The van der Waals surface area contributed by atoms with Crippen LogP contribution in [0.5, 0.6) is 0 Å². The Balaban J connectivity index is 2.20. The van der Waals surface area contributed by atoms with Gasteiger partial charge in [-0.05, 0) is 30.5 Å². The first-order valence-corrected chi connectivity index (χ1v) is 9.43. The van der Waals surface area contributed by atoms with E-state index in [9.17, 15) is 14.4 Å². The summed E-state index contributed by atoms with van der Waals surface area (Å²) in [5.74, 6) is -2.61. The molecule has 2 aromatic carbocycles. The number of carboxylic acids is 2. The van der Waals surface area contributed by atoms with E-state index in [2.05, 4.69) is 0 Å². The summed E-state index contributed by atoms with van der Waals surface area (Å²) in [6, 6.07) is 18.7. The van der Waals surface area contributed by atoms with Gasteiger partial charge in [0.15, 0.2) is 0 Å². The number of nitrogens with zero attached hydrogens (tertiary/aromatic N) is 1. The Labute approximate surface area is 169 Å². The van der Waals surface area contributed by atoms with E-state index in [4.69, 9.17) is 15.9 Å². The Kier molecular flexibility index (Phi) is 7.91. The van der Waals surface area contributed by atoms with E-state index in [1.54, 1.807) is 0 Å². The number of hydrogen-bond acceptors (Lipinski definition) is 4. The predicted molar refractivity (Wildman–Crippen MR) is 108 cm³/mol. The van der Waals surface area contributed by atoms with Crippen molar-refractivity contribution in [1.82, 2.24) is 4.90 Å². The van der Waals surface area contributed by atoms with E-state index >= 15 is 0 Å². The molecule has 0 bridgehead atoms. The molecule has 0 unspecified atom stereocenters. The number of carbonyl (C=O) groups is 3. The fraction of sp³-hybridized carbons (Fsp3) is 0.318. The van der Waals surface area contributed by atoms with Gasteiger partial charge in [-0.1, -0.05) is 67.1 Å². The third kappa shape index (κ3) is 5.89. The molecule has 0 atom stereocenters. The average molecular weight is 398 g/mol. The quantitative estimate of drug-likeness (QED) is 0.471. The predicted octanol–water partition coefficient (Wildman–Crippen LogP) is 2.10. The van der Waals surface area contributed by atoms with Gasteiger partial charge in [0.1, 0.15) is 0 Å². The van der Waals surface area contributed by atoms with Crippen LogP contribution in [-0.2, 0) is 19.8 Å². The molecule has 0 aromatic heterocycles. The van der Waals surface area contributed by atoms with Crippen molar-refractivity contribution < 1.29 is 24.6 Å². The third-order valence-electron chi connectivity index (χ3n) is 4.95. The first kappa shape index (κ1) is 22.1. The number of primary amides is 1. The van der Waals surface area contributed by atoms with E-state index in [0.717, 1.165) is 11.1 Å². The SMILES string of the molecule is NC(=O)C(CCCCN(CC(=O)O)CC(=O)O)(c1ccccc1)c1ccccc1. The molecule has 0 saturated heterocycles. The summed E-state index contributed by atoms with van der Waals surface area (Å²) in [5, 5.41) is 17.9. The van der Waals surface area contributed by atoms with E-state index in [1.165, 1.54) is 4.90 Å². The van der Waals surface area contributed by atoms with Crippen molar-refractivity contribution >= 4 is 17.8 Å². The molecule has 0 heterocycles. The van der Waals surface area contributed by atoms with Crippen molar-refractivity contribution in [3.05, 3.63) is 71.8 Å². The maximum absolute atomic E-state index is 12.7. The van der Waals surface area contributed by atoms with E-state index in [0.29, 0.717) is 25.8 Å². The van der Waals surface area contributed by atoms with Crippen molar-refractivity contribution in [3.63, 3.8) is 0 Å². The Morgan fingerprint density at radius 1 is 0.793 bits per heavy atom. The number of aliphatic carboxylic acids is 2. The molecule has 7 heteroatoms. The second-order valence-electron chi connectivity index (χ2n) is 6.96. The summed E-state index contributed by atoms with van der Waals surface area (Å²) in [6.07, 6.45) is 1.54. The summed E-state index contributed by atoms with van der Waals surface area (Å²) in [7, 11) is 0. The van der Waals surface area contributed by atoms with Gasteiger partial charge in [0.2, 0.25) is 5.91 Å². The molecule has 7 nitrogen and oxygen atoms in total. The van der Waals surface area contributed by atoms with E-state index in [-0.39, 0.29) is 13.1 Å². The van der Waals surface area contributed by atoms with E-state index < -0.39 is 23.3 Å². The second-order valence-corrected chi connectivity index (χ2v) is 6.96. The maximum Gasteiger partial charge on any atom is 0.317 e. The molecule has 2 rings (SSSR count). The number of unbranched alkanes of at least 4 members (excludes halogenated alkanes) is 1. The average Bonchev–Trinajstić information content (AvgIpc) is 2.68. The van der Waals surface area contributed by atoms with Crippen LogP contribution in [0.1, 0.15) is 30.4 Å². The lowest BCUT2D eigenvalue weighted by Crippen LogP contribution is -2.42. The Bertz CT molecular complexity index is 768. The van der Waals surface area contributed by atoms with Gasteiger partial charge in [-0.3, -0.25) is 19.3 Å². The van der Waals surface area contributed by atoms with Crippen LogP contribution in [0.2, 0.25) is 0 Å². The largest absolute Gasteiger partial charge is 0.480 e. The molecule has 2 aromatic rings. The Morgan fingerprint density at radius 2 is 1.24 bits per heavy atom. The van der Waals surface area contributed by atoms with Crippen molar-refractivity contribution in [2.75, 3.05) is 19.6 Å². The fourth-order valence-corrected chi connectivity index (χ4v) is 3.63. The van der Waals surface area contributed by atoms with Gasteiger partial charge in [0.25, 0.3) is 0 Å². The first-order chi connectivity index (χ1) is 13.9. The molecule has 154 valence electrons. The fourth-order valence-electron chi connectivity index (χ4n) is 3.63. The summed E-state index contributed by atoms with van der Waals surface area (Å²) in [5.41, 5.74) is 6.49. The second kappa shape index (κ2) is 10.4. The van der Waals surface area contributed by atoms with E-state index in [1.807, 2.05) is 60.7 Å². The lowest BCUT2D eigenvalue weighted by molar-refractivity contribution is -0.141. The smallest absolute Gasteiger partial charge is 0.317 e. The molecule has 0 aliphatic carbocycles. The van der Waals surface area contributed by atoms with Gasteiger partial charge in [-0.15, -0.1) is 0 Å². The summed E-state index contributed by atoms with van der Waals surface area (Å²) in [4.78, 5) is 36.0. The molecule has 0 radical (unpaired) electrons. The monoisotopic (exact) mass is 398 g/mol. The molecule has 0 aliphatic heterocycles. The van der Waals surface area contributed by atoms with Gasteiger partial charge in [-0.25, -0.2) is 0 Å². The van der Waals surface area contributed by atoms with Crippen LogP contribution in [0.15, 0.2) is 60.7 Å². The van der Waals surface area contributed by atoms with Crippen LogP contribution >= 0.6 is 0 Å². The lowest BCUT2D eigenvalue weighted by Gasteiger charge is -2.32. The number of rotatable bonds is 12. The highest BCUT2D eigenvalue weighted by atomic mass is 16.4. The van der Waals surface area contributed by atoms with Crippen LogP contribution in [0.4, 0.5) is 0 Å². The van der Waals surface area contributed by atoms with Crippen molar-refractivity contribution in [1.29, 1.82) is 0 Å². The zero-order chi connectivity index (χ0) is 21.3. The molecular formula is C22H26N2O5. The lowest BCUT2D eigenvalue weighted by atomic mass is 9.70. The molecule has 0 saturated carbocycles. The molecule has 0 spiro atoms. The minimum atomic E-state index is -1.08. The standard InChI is InChI=1S/C22H26N2O5/c23-21(29)22(17-9-3-1-4-10-17,18-11-5-2-6-12-18)13-7-8-14-24(15-19(25)26)16-20(27)28/h1-6,9-12H,7-8,13-16H2,(H2,23,29)(H,25,26)(H,27,28). The van der Waals surface area contributed by atoms with Crippen molar-refractivity contribution in [3.8, 4) is 0 Å². The number of carboxylic acid groups (broad SMARTS) is 2. The van der Waals surface area contributed by atoms with Crippen molar-refractivity contribution in [2.24, 2.45) is 5.73 Å². The number of carbonyl (C=O) groups excluding carboxylic acids is 1. The topological polar surface area (TPSA) is 121 Å². The maximum atomic E-state index is 12.7. The minimum Gasteiger partial charge on any atom is -0.480 e. The Morgan fingerprint density at radius 3 is 1.62 bits per heavy atom. The molecule has 0 aliphatic rings. The molecule has 4 N–H and O–H groups in total. The number of hydrogen-bond donors (Lipinski definition) is 3. The van der Waals surface area contributed by atoms with Gasteiger partial charge in [-0.2, -0.15) is 0 Å². The number of amides is 1. The van der Waals surface area contributed by atoms with Gasteiger partial charge >= 0.3 is 11.9 Å². The van der Waals surface area contributed by atoms with Crippen molar-refractivity contribution in [2.45, 2.75) is 24.7 Å². The molecular weight excluding hydrogens is 372 g/mol. The molecule has 29 heavy (non-hydrogen) atoms. The zero-order valence-electron chi connectivity index (χ0n) is 16.2. The minimum absolute atomic E-state index is 0.303. The normalized spacial score (nSPS) is 11.3. The highest BCUT2D eigenvalue weighted by Gasteiger charge is 2.39. The zero-order valence-corrected chi connectivity index (χ0v) is 16.2. The third-order valence-corrected chi connectivity index (χ3v) is 4.95. The Hall–Kier alpha value is -3.19. The summed E-state index contributed by atoms with van der Waals surface area (Å²) in [6.45, 7) is -0.383. The highest BCUT2D eigenvalue weighted by Crippen LogP contribution is 2.37. The molecule has 1 amide bonds. The van der Waals surface area contributed by atoms with Crippen LogP contribution in [0.25, 0.3) is 0 Å². The first-order valence-electron chi connectivity index (χ1n) is 9.43. The van der Waals surface area contributed by atoms with Crippen LogP contribution in [0, 0.1) is 0 Å². The van der Waals surface area contributed by atoms with Gasteiger partial charge in [0, 0.05) is 0 Å². The van der Waals surface area contributed by atoms with Gasteiger partial charge in [0.05, 0.1) is 18.5 Å². The van der Waals surface area contributed by atoms with Crippen LogP contribution in [-0.4, -0.2) is 52.6 Å². The summed E-state index contributed by atoms with van der Waals surface area (Å²) < 4.78 is 0. The van der Waals surface area contributed by atoms with Crippen LogP contribution < -0.4 is 5.73 Å². The number of nitrogens with two attached hydrogens (primary N) is 1. The van der Waals surface area contributed by atoms with Crippen LogP contribution in [0.3, 0.4) is 0 Å². The number of benzene rings is 2. The highest BCUT2D eigenvalue weighted by molar-refractivity contribution is 5.90. The summed E-state index contributed by atoms with van der Waals surface area (Å²) >= 11 is 0. The molecule has 0 fully saturated rings.